The summed E-state index contributed by atoms with van der Waals surface area (Å²) >= 11 is 0. The van der Waals surface area contributed by atoms with Crippen LogP contribution in [-0.4, -0.2) is 36.9 Å². The summed E-state index contributed by atoms with van der Waals surface area (Å²) < 4.78 is 11.2. The highest BCUT2D eigenvalue weighted by Crippen LogP contribution is 2.33. The lowest BCUT2D eigenvalue weighted by molar-refractivity contribution is -0.136. The molecule has 0 saturated heterocycles. The summed E-state index contributed by atoms with van der Waals surface area (Å²) in [5.41, 5.74) is 0.943. The van der Waals surface area contributed by atoms with E-state index in [0.717, 1.165) is 5.69 Å². The van der Waals surface area contributed by atoms with Gasteiger partial charge in [-0.15, -0.1) is 0 Å². The zero-order chi connectivity index (χ0) is 15.8. The Morgan fingerprint density at radius 1 is 1.19 bits per heavy atom. The Morgan fingerprint density at radius 3 is 2.33 bits per heavy atom. The lowest BCUT2D eigenvalue weighted by atomic mass is 10.2. The molecule has 0 saturated carbocycles. The highest BCUT2D eigenvalue weighted by molar-refractivity contribution is 5.68. The molecular weight excluding hydrogens is 270 g/mol. The largest absolute Gasteiger partial charge is 0.490 e. The minimum absolute atomic E-state index is 0.107. The Labute approximate surface area is 126 Å². The quantitative estimate of drug-likeness (QED) is 0.758. The maximum Gasteiger partial charge on any atom is 0.305 e. The molecule has 0 aliphatic heterocycles. The molecule has 0 aliphatic rings. The Morgan fingerprint density at radius 2 is 1.81 bits per heavy atom. The van der Waals surface area contributed by atoms with E-state index in [1.54, 1.807) is 0 Å². The van der Waals surface area contributed by atoms with Crippen molar-refractivity contribution in [1.82, 2.24) is 0 Å². The van der Waals surface area contributed by atoms with E-state index in [0.29, 0.717) is 31.3 Å². The molecular formula is C16H25NO4. The second kappa shape index (κ2) is 8.39. The van der Waals surface area contributed by atoms with Gasteiger partial charge >= 0.3 is 5.97 Å². The fraction of sp³-hybridized carbons (Fsp3) is 0.562. The summed E-state index contributed by atoms with van der Waals surface area (Å²) in [5.74, 6) is 0.611. The SMILES string of the molecule is CCOc1ccc(N(CCC(=O)O)C(C)C)cc1OCC. The fourth-order valence-electron chi connectivity index (χ4n) is 2.12. The number of ether oxygens (including phenoxy) is 2. The van der Waals surface area contributed by atoms with E-state index < -0.39 is 5.97 Å². The Kier molecular flexibility index (Phi) is 6.85. The molecule has 0 amide bonds. The van der Waals surface area contributed by atoms with Crippen LogP contribution in [0.5, 0.6) is 11.5 Å². The predicted octanol–water partition coefficient (Wildman–Crippen LogP) is 3.17. The zero-order valence-corrected chi connectivity index (χ0v) is 13.3. The molecule has 1 aromatic rings. The van der Waals surface area contributed by atoms with E-state index in [-0.39, 0.29) is 12.5 Å². The van der Waals surface area contributed by atoms with Crippen molar-refractivity contribution < 1.29 is 19.4 Å². The van der Waals surface area contributed by atoms with Crippen molar-refractivity contribution in [3.63, 3.8) is 0 Å². The summed E-state index contributed by atoms with van der Waals surface area (Å²) in [4.78, 5) is 12.8. The molecule has 0 bridgehead atoms. The average Bonchev–Trinajstić information content (AvgIpc) is 2.41. The molecule has 1 rings (SSSR count). The van der Waals surface area contributed by atoms with Gasteiger partial charge in [0.2, 0.25) is 0 Å². The minimum Gasteiger partial charge on any atom is -0.490 e. The van der Waals surface area contributed by atoms with E-state index in [9.17, 15) is 4.79 Å². The van der Waals surface area contributed by atoms with Gasteiger partial charge in [-0.2, -0.15) is 0 Å². The van der Waals surface area contributed by atoms with Gasteiger partial charge in [0.25, 0.3) is 0 Å². The third kappa shape index (κ3) is 5.17. The van der Waals surface area contributed by atoms with Crippen molar-refractivity contribution in [2.24, 2.45) is 0 Å². The monoisotopic (exact) mass is 295 g/mol. The first-order valence-electron chi connectivity index (χ1n) is 7.37. The highest BCUT2D eigenvalue weighted by Gasteiger charge is 2.15. The number of rotatable bonds is 9. The van der Waals surface area contributed by atoms with Gasteiger partial charge in [0.05, 0.1) is 19.6 Å². The third-order valence-electron chi connectivity index (χ3n) is 3.05. The van der Waals surface area contributed by atoms with Crippen LogP contribution in [0.4, 0.5) is 5.69 Å². The second-order valence-electron chi connectivity index (χ2n) is 4.93. The molecule has 0 heterocycles. The van der Waals surface area contributed by atoms with E-state index in [4.69, 9.17) is 14.6 Å². The van der Waals surface area contributed by atoms with Crippen LogP contribution in [0.25, 0.3) is 0 Å². The molecule has 0 aliphatic carbocycles. The van der Waals surface area contributed by atoms with Crippen molar-refractivity contribution in [2.75, 3.05) is 24.7 Å². The van der Waals surface area contributed by atoms with Crippen LogP contribution >= 0.6 is 0 Å². The molecule has 0 aromatic heterocycles. The topological polar surface area (TPSA) is 59.0 Å². The minimum atomic E-state index is -0.795. The van der Waals surface area contributed by atoms with Gasteiger partial charge in [0.15, 0.2) is 11.5 Å². The lowest BCUT2D eigenvalue weighted by Crippen LogP contribution is -2.32. The number of carboxylic acid groups (broad SMARTS) is 1. The van der Waals surface area contributed by atoms with Crippen LogP contribution in [0.1, 0.15) is 34.1 Å². The van der Waals surface area contributed by atoms with Gasteiger partial charge in [0.1, 0.15) is 0 Å². The van der Waals surface area contributed by atoms with Crippen molar-refractivity contribution in [1.29, 1.82) is 0 Å². The van der Waals surface area contributed by atoms with Crippen molar-refractivity contribution in [2.45, 2.75) is 40.2 Å². The number of carbonyl (C=O) groups is 1. The van der Waals surface area contributed by atoms with Gasteiger partial charge < -0.3 is 19.5 Å². The Hall–Kier alpha value is -1.91. The molecule has 0 radical (unpaired) electrons. The molecule has 0 fully saturated rings. The molecule has 5 heteroatoms. The molecule has 5 nitrogen and oxygen atoms in total. The van der Waals surface area contributed by atoms with Crippen molar-refractivity contribution in [3.8, 4) is 11.5 Å². The van der Waals surface area contributed by atoms with E-state index in [1.165, 1.54) is 0 Å². The second-order valence-corrected chi connectivity index (χ2v) is 4.93. The first-order chi connectivity index (χ1) is 9.99. The summed E-state index contributed by atoms with van der Waals surface area (Å²) in [6, 6.07) is 5.93. The Balaban J connectivity index is 3.02. The number of hydrogen-bond donors (Lipinski definition) is 1. The van der Waals surface area contributed by atoms with Gasteiger partial charge in [-0.05, 0) is 39.8 Å². The van der Waals surface area contributed by atoms with Crippen molar-refractivity contribution in [3.05, 3.63) is 18.2 Å². The number of nitrogens with zero attached hydrogens (tertiary/aromatic N) is 1. The van der Waals surface area contributed by atoms with E-state index in [1.807, 2.05) is 50.8 Å². The first-order valence-corrected chi connectivity index (χ1v) is 7.37. The fourth-order valence-corrected chi connectivity index (χ4v) is 2.12. The number of anilines is 1. The van der Waals surface area contributed by atoms with Gasteiger partial charge in [0, 0.05) is 24.3 Å². The lowest BCUT2D eigenvalue weighted by Gasteiger charge is -2.29. The molecule has 0 spiro atoms. The first kappa shape index (κ1) is 17.1. The molecule has 118 valence electrons. The normalized spacial score (nSPS) is 10.5. The van der Waals surface area contributed by atoms with E-state index >= 15 is 0 Å². The molecule has 0 atom stereocenters. The van der Waals surface area contributed by atoms with Crippen LogP contribution in [0.15, 0.2) is 18.2 Å². The smallest absolute Gasteiger partial charge is 0.305 e. The average molecular weight is 295 g/mol. The third-order valence-corrected chi connectivity index (χ3v) is 3.05. The summed E-state index contributed by atoms with van der Waals surface area (Å²) in [6.45, 7) is 9.53. The Bertz CT molecular complexity index is 460. The standard InChI is InChI=1S/C16H25NO4/c1-5-20-14-8-7-13(11-15(14)21-6-2)17(12(3)4)10-9-16(18)19/h7-8,11-12H,5-6,9-10H2,1-4H3,(H,18,19). The summed E-state index contributed by atoms with van der Waals surface area (Å²) in [6.07, 6.45) is 0.107. The summed E-state index contributed by atoms with van der Waals surface area (Å²) in [5, 5.41) is 8.87. The van der Waals surface area contributed by atoms with Gasteiger partial charge in [-0.3, -0.25) is 4.79 Å². The number of benzene rings is 1. The van der Waals surface area contributed by atoms with Crippen LogP contribution in [0.2, 0.25) is 0 Å². The van der Waals surface area contributed by atoms with Crippen LogP contribution < -0.4 is 14.4 Å². The number of carboxylic acids is 1. The maximum absolute atomic E-state index is 10.8. The number of hydrogen-bond acceptors (Lipinski definition) is 4. The van der Waals surface area contributed by atoms with Gasteiger partial charge in [-0.25, -0.2) is 0 Å². The van der Waals surface area contributed by atoms with Crippen molar-refractivity contribution >= 4 is 11.7 Å². The highest BCUT2D eigenvalue weighted by atomic mass is 16.5. The van der Waals surface area contributed by atoms with E-state index in [2.05, 4.69) is 0 Å². The molecule has 21 heavy (non-hydrogen) atoms. The summed E-state index contributed by atoms with van der Waals surface area (Å²) in [7, 11) is 0. The van der Waals surface area contributed by atoms with Crippen LogP contribution in [-0.2, 0) is 4.79 Å². The van der Waals surface area contributed by atoms with Crippen LogP contribution in [0.3, 0.4) is 0 Å². The van der Waals surface area contributed by atoms with Gasteiger partial charge in [-0.1, -0.05) is 0 Å². The molecule has 0 unspecified atom stereocenters. The molecule has 1 aromatic carbocycles. The zero-order valence-electron chi connectivity index (χ0n) is 13.3. The maximum atomic E-state index is 10.8. The predicted molar refractivity (Wildman–Crippen MR) is 83.5 cm³/mol. The number of aliphatic carboxylic acids is 1. The van der Waals surface area contributed by atoms with Crippen LogP contribution in [0, 0.1) is 0 Å². The molecule has 1 N–H and O–H groups in total.